The van der Waals surface area contributed by atoms with Gasteiger partial charge in [-0.3, -0.25) is 10.00 Å². The van der Waals surface area contributed by atoms with Gasteiger partial charge in [0.05, 0.1) is 6.54 Å². The number of nitrogens with zero attached hydrogens (tertiary/aromatic N) is 3. The fourth-order valence-electron chi connectivity index (χ4n) is 2.28. The van der Waals surface area contributed by atoms with E-state index in [2.05, 4.69) is 64.3 Å². The van der Waals surface area contributed by atoms with E-state index in [4.69, 9.17) is 0 Å². The molecule has 2 rings (SSSR count). The van der Waals surface area contributed by atoms with Gasteiger partial charge in [-0.2, -0.15) is 5.10 Å². The van der Waals surface area contributed by atoms with E-state index in [-0.39, 0.29) is 0 Å². The standard InChI is InChI=1S/C15H22N4/c1-4-10-19(11-15-16-13(3)17-18-15)12(2)14-8-6-5-7-9-14/h5-9,12H,4,10-11H2,1-3H3,(H,16,17,18)/t12-/m1/s1. The number of hydrogen-bond acceptors (Lipinski definition) is 3. The third-order valence-electron chi connectivity index (χ3n) is 3.33. The summed E-state index contributed by atoms with van der Waals surface area (Å²) in [5, 5.41) is 7.14. The molecule has 1 heterocycles. The smallest absolute Gasteiger partial charge is 0.164 e. The van der Waals surface area contributed by atoms with Gasteiger partial charge in [0.2, 0.25) is 0 Å². The Morgan fingerprint density at radius 3 is 2.58 bits per heavy atom. The zero-order valence-corrected chi connectivity index (χ0v) is 11.9. The first-order chi connectivity index (χ1) is 9.20. The lowest BCUT2D eigenvalue weighted by atomic mass is 10.1. The van der Waals surface area contributed by atoms with Crippen LogP contribution in [0.4, 0.5) is 0 Å². The first-order valence-corrected chi connectivity index (χ1v) is 6.87. The molecule has 0 saturated carbocycles. The number of rotatable bonds is 6. The molecule has 0 spiro atoms. The average Bonchev–Trinajstić information content (AvgIpc) is 2.84. The number of hydrogen-bond donors (Lipinski definition) is 1. The first kappa shape index (κ1) is 13.7. The minimum atomic E-state index is 0.375. The van der Waals surface area contributed by atoms with Crippen LogP contribution in [0, 0.1) is 6.92 Å². The van der Waals surface area contributed by atoms with Crippen molar-refractivity contribution in [2.45, 2.75) is 39.8 Å². The Balaban J connectivity index is 2.11. The third-order valence-corrected chi connectivity index (χ3v) is 3.33. The van der Waals surface area contributed by atoms with Crippen molar-refractivity contribution >= 4 is 0 Å². The van der Waals surface area contributed by atoms with Gasteiger partial charge in [0, 0.05) is 6.04 Å². The summed E-state index contributed by atoms with van der Waals surface area (Å²) < 4.78 is 0. The number of aryl methyl sites for hydroxylation is 1. The Morgan fingerprint density at radius 2 is 2.00 bits per heavy atom. The minimum Gasteiger partial charge on any atom is -0.289 e. The number of benzene rings is 1. The van der Waals surface area contributed by atoms with Crippen LogP contribution < -0.4 is 0 Å². The topological polar surface area (TPSA) is 44.8 Å². The minimum absolute atomic E-state index is 0.375. The Bertz CT molecular complexity index is 492. The highest BCUT2D eigenvalue weighted by atomic mass is 15.3. The van der Waals surface area contributed by atoms with Crippen molar-refractivity contribution in [3.05, 3.63) is 47.5 Å². The fraction of sp³-hybridized carbons (Fsp3) is 0.467. The van der Waals surface area contributed by atoms with Crippen molar-refractivity contribution in [2.24, 2.45) is 0 Å². The van der Waals surface area contributed by atoms with Crippen molar-refractivity contribution in [3.63, 3.8) is 0 Å². The molecule has 4 heteroatoms. The predicted octanol–water partition coefficient (Wildman–Crippen LogP) is 3.09. The maximum absolute atomic E-state index is 4.40. The highest BCUT2D eigenvalue weighted by Gasteiger charge is 2.16. The zero-order valence-electron chi connectivity index (χ0n) is 11.9. The maximum atomic E-state index is 4.40. The second kappa shape index (κ2) is 6.48. The Kier molecular flexibility index (Phi) is 4.68. The monoisotopic (exact) mass is 258 g/mol. The molecule has 4 nitrogen and oxygen atoms in total. The highest BCUT2D eigenvalue weighted by Crippen LogP contribution is 2.21. The lowest BCUT2D eigenvalue weighted by Crippen LogP contribution is -2.28. The van der Waals surface area contributed by atoms with Crippen LogP contribution >= 0.6 is 0 Å². The van der Waals surface area contributed by atoms with Gasteiger partial charge in [0.25, 0.3) is 0 Å². The van der Waals surface area contributed by atoms with Crippen LogP contribution in [-0.4, -0.2) is 26.6 Å². The summed E-state index contributed by atoms with van der Waals surface area (Å²) in [6, 6.07) is 11.0. The summed E-state index contributed by atoms with van der Waals surface area (Å²) in [5.41, 5.74) is 1.34. The Labute approximate surface area is 114 Å². The van der Waals surface area contributed by atoms with Crippen molar-refractivity contribution in [1.82, 2.24) is 20.1 Å². The third kappa shape index (κ3) is 3.64. The molecule has 19 heavy (non-hydrogen) atoms. The molecular formula is C15H22N4. The van der Waals surface area contributed by atoms with Crippen molar-refractivity contribution < 1.29 is 0 Å². The first-order valence-electron chi connectivity index (χ1n) is 6.87. The molecule has 0 aliphatic rings. The molecule has 0 bridgehead atoms. The van der Waals surface area contributed by atoms with Crippen LogP contribution in [0.15, 0.2) is 30.3 Å². The fourth-order valence-corrected chi connectivity index (χ4v) is 2.28. The molecule has 0 fully saturated rings. The van der Waals surface area contributed by atoms with Crippen LogP contribution in [0.3, 0.4) is 0 Å². The quantitative estimate of drug-likeness (QED) is 0.866. The molecule has 102 valence electrons. The van der Waals surface area contributed by atoms with Gasteiger partial charge in [-0.15, -0.1) is 0 Å². The molecule has 0 unspecified atom stereocenters. The molecule has 1 aromatic carbocycles. The van der Waals surface area contributed by atoms with E-state index >= 15 is 0 Å². The van der Waals surface area contributed by atoms with E-state index in [1.165, 1.54) is 5.56 Å². The lowest BCUT2D eigenvalue weighted by molar-refractivity contribution is 0.197. The molecule has 0 aliphatic carbocycles. The van der Waals surface area contributed by atoms with Crippen LogP contribution in [-0.2, 0) is 6.54 Å². The Hall–Kier alpha value is -1.68. The zero-order chi connectivity index (χ0) is 13.7. The molecule has 0 amide bonds. The van der Waals surface area contributed by atoms with Gasteiger partial charge < -0.3 is 0 Å². The summed E-state index contributed by atoms with van der Waals surface area (Å²) in [4.78, 5) is 6.82. The SMILES string of the molecule is CCCN(Cc1n[nH]c(C)n1)[C@H](C)c1ccccc1. The summed E-state index contributed by atoms with van der Waals surface area (Å²) in [7, 11) is 0. The van der Waals surface area contributed by atoms with Crippen molar-refractivity contribution in [1.29, 1.82) is 0 Å². The van der Waals surface area contributed by atoms with E-state index in [1.54, 1.807) is 0 Å². The van der Waals surface area contributed by atoms with Gasteiger partial charge in [-0.1, -0.05) is 37.3 Å². The second-order valence-electron chi connectivity index (χ2n) is 4.89. The van der Waals surface area contributed by atoms with Crippen LogP contribution in [0.25, 0.3) is 0 Å². The van der Waals surface area contributed by atoms with Gasteiger partial charge >= 0.3 is 0 Å². The molecule has 1 aromatic heterocycles. The number of aromatic amines is 1. The average molecular weight is 258 g/mol. The van der Waals surface area contributed by atoms with Gasteiger partial charge in [-0.25, -0.2) is 4.98 Å². The van der Waals surface area contributed by atoms with E-state index in [9.17, 15) is 0 Å². The number of aromatic nitrogens is 3. The summed E-state index contributed by atoms with van der Waals surface area (Å²) in [6.07, 6.45) is 1.13. The summed E-state index contributed by atoms with van der Waals surface area (Å²) >= 11 is 0. The largest absolute Gasteiger partial charge is 0.289 e. The molecule has 0 aliphatic heterocycles. The molecule has 1 N–H and O–H groups in total. The van der Waals surface area contributed by atoms with E-state index < -0.39 is 0 Å². The summed E-state index contributed by atoms with van der Waals surface area (Å²) in [5.74, 6) is 1.74. The van der Waals surface area contributed by atoms with Gasteiger partial charge in [0.15, 0.2) is 5.82 Å². The van der Waals surface area contributed by atoms with Gasteiger partial charge in [-0.05, 0) is 32.4 Å². The van der Waals surface area contributed by atoms with Crippen molar-refractivity contribution in [2.75, 3.05) is 6.54 Å². The normalized spacial score (nSPS) is 12.8. The second-order valence-corrected chi connectivity index (χ2v) is 4.89. The Morgan fingerprint density at radius 1 is 1.26 bits per heavy atom. The molecule has 0 radical (unpaired) electrons. The molecule has 2 aromatic rings. The highest BCUT2D eigenvalue weighted by molar-refractivity contribution is 5.18. The van der Waals surface area contributed by atoms with E-state index in [0.717, 1.165) is 31.2 Å². The summed E-state index contributed by atoms with van der Waals surface area (Å²) in [6.45, 7) is 8.21. The van der Waals surface area contributed by atoms with Crippen LogP contribution in [0.2, 0.25) is 0 Å². The van der Waals surface area contributed by atoms with Crippen LogP contribution in [0.5, 0.6) is 0 Å². The molecular weight excluding hydrogens is 236 g/mol. The van der Waals surface area contributed by atoms with Gasteiger partial charge in [0.1, 0.15) is 5.82 Å². The molecule has 0 saturated heterocycles. The number of nitrogens with one attached hydrogen (secondary N) is 1. The van der Waals surface area contributed by atoms with Crippen molar-refractivity contribution in [3.8, 4) is 0 Å². The van der Waals surface area contributed by atoms with E-state index in [1.807, 2.05) is 6.92 Å². The van der Waals surface area contributed by atoms with Crippen LogP contribution in [0.1, 0.15) is 43.5 Å². The van der Waals surface area contributed by atoms with E-state index in [0.29, 0.717) is 6.04 Å². The maximum Gasteiger partial charge on any atom is 0.164 e. The lowest BCUT2D eigenvalue weighted by Gasteiger charge is -2.28. The predicted molar refractivity (Wildman–Crippen MR) is 76.7 cm³/mol. The number of H-pyrrole nitrogens is 1. The molecule has 1 atom stereocenters.